The maximum Gasteiger partial charge on any atom is 0.238 e. The summed E-state index contributed by atoms with van der Waals surface area (Å²) in [6.45, 7) is 1.78. The molecule has 0 bridgehead atoms. The van der Waals surface area contributed by atoms with Gasteiger partial charge >= 0.3 is 0 Å². The fourth-order valence-corrected chi connectivity index (χ4v) is 4.27. The van der Waals surface area contributed by atoms with Gasteiger partial charge in [0.1, 0.15) is 16.2 Å². The first kappa shape index (κ1) is 17.8. The largest absolute Gasteiger partial charge is 0.325 e. The summed E-state index contributed by atoms with van der Waals surface area (Å²) in [7, 11) is -3.75. The zero-order valence-electron chi connectivity index (χ0n) is 13.0. The van der Waals surface area contributed by atoms with Gasteiger partial charge < -0.3 is 5.32 Å². The number of primary sulfonamides is 1. The molecule has 2 aromatic heterocycles. The second-order valence-corrected chi connectivity index (χ2v) is 8.92. The smallest absolute Gasteiger partial charge is 0.238 e. The SMILES string of the molecule is C[C@H](Sc1ncnc2sccc12)C(=O)Nc1ccc(S(N)(=O)=O)cc1. The van der Waals surface area contributed by atoms with Crippen LogP contribution in [0.25, 0.3) is 10.2 Å². The topological polar surface area (TPSA) is 115 Å². The van der Waals surface area contributed by atoms with Gasteiger partial charge in [-0.1, -0.05) is 11.8 Å². The lowest BCUT2D eigenvalue weighted by Gasteiger charge is -2.12. The number of thioether (sulfide) groups is 1. The van der Waals surface area contributed by atoms with Crippen molar-refractivity contribution in [3.05, 3.63) is 42.0 Å². The third kappa shape index (κ3) is 4.15. The average molecular weight is 395 g/mol. The number of nitrogens with two attached hydrogens (primary N) is 1. The lowest BCUT2D eigenvalue weighted by molar-refractivity contribution is -0.115. The Balaban J connectivity index is 1.69. The van der Waals surface area contributed by atoms with Crippen molar-refractivity contribution in [2.24, 2.45) is 5.14 Å². The molecule has 7 nitrogen and oxygen atoms in total. The second kappa shape index (κ2) is 7.08. The molecule has 0 saturated heterocycles. The Morgan fingerprint density at radius 2 is 1.96 bits per heavy atom. The summed E-state index contributed by atoms with van der Waals surface area (Å²) in [5.41, 5.74) is 0.494. The number of aromatic nitrogens is 2. The van der Waals surface area contributed by atoms with Crippen LogP contribution in [0.15, 0.2) is 52.0 Å². The van der Waals surface area contributed by atoms with Crippen LogP contribution < -0.4 is 10.5 Å². The van der Waals surface area contributed by atoms with Gasteiger partial charge in [-0.25, -0.2) is 23.5 Å². The van der Waals surface area contributed by atoms with E-state index in [1.165, 1.54) is 53.7 Å². The molecule has 0 aliphatic rings. The van der Waals surface area contributed by atoms with Crippen molar-refractivity contribution < 1.29 is 13.2 Å². The first-order chi connectivity index (χ1) is 11.8. The van der Waals surface area contributed by atoms with E-state index in [-0.39, 0.29) is 10.8 Å². The number of hydrogen-bond acceptors (Lipinski definition) is 7. The van der Waals surface area contributed by atoms with Gasteiger partial charge in [-0.3, -0.25) is 4.79 Å². The first-order valence-corrected chi connectivity index (χ1v) is 10.4. The number of carbonyl (C=O) groups is 1. The molecular formula is C15H14N4O3S3. The van der Waals surface area contributed by atoms with Crippen molar-refractivity contribution in [3.63, 3.8) is 0 Å². The standard InChI is InChI=1S/C15H14N4O3S3/c1-9(24-15-12-6-7-23-14(12)17-8-18-15)13(20)19-10-2-4-11(5-3-10)25(16,21)22/h2-9H,1H3,(H,19,20)(H2,16,21,22)/t9-/m0/s1. The Morgan fingerprint density at radius 1 is 1.24 bits per heavy atom. The number of carbonyl (C=O) groups excluding carboxylic acids is 1. The summed E-state index contributed by atoms with van der Waals surface area (Å²) in [4.78, 5) is 21.7. The third-order valence-electron chi connectivity index (χ3n) is 3.33. The third-order valence-corrected chi connectivity index (χ3v) is 6.20. The minimum absolute atomic E-state index is 0.00578. The molecule has 3 aromatic rings. The summed E-state index contributed by atoms with van der Waals surface area (Å²) < 4.78 is 22.5. The highest BCUT2D eigenvalue weighted by atomic mass is 32.2. The second-order valence-electron chi connectivity index (χ2n) is 5.14. The van der Waals surface area contributed by atoms with Gasteiger partial charge in [0.05, 0.1) is 10.1 Å². The van der Waals surface area contributed by atoms with Gasteiger partial charge in [0, 0.05) is 11.1 Å². The van der Waals surface area contributed by atoms with E-state index in [2.05, 4.69) is 15.3 Å². The molecule has 25 heavy (non-hydrogen) atoms. The Hall–Kier alpha value is -2.01. The van der Waals surface area contributed by atoms with E-state index in [9.17, 15) is 13.2 Å². The Labute approximate surface area is 152 Å². The van der Waals surface area contributed by atoms with Crippen LogP contribution in [0, 0.1) is 0 Å². The van der Waals surface area contributed by atoms with E-state index in [4.69, 9.17) is 5.14 Å². The molecular weight excluding hydrogens is 380 g/mol. The fraction of sp³-hybridized carbons (Fsp3) is 0.133. The molecule has 0 fully saturated rings. The predicted octanol–water partition coefficient (Wildman–Crippen LogP) is 2.46. The van der Waals surface area contributed by atoms with E-state index in [1.54, 1.807) is 6.92 Å². The molecule has 0 saturated carbocycles. The van der Waals surface area contributed by atoms with Gasteiger partial charge in [0.2, 0.25) is 15.9 Å². The zero-order chi connectivity index (χ0) is 18.0. The maximum atomic E-state index is 12.4. The van der Waals surface area contributed by atoms with Gasteiger partial charge in [-0.2, -0.15) is 0 Å². The number of benzene rings is 1. The molecule has 0 radical (unpaired) electrons. The summed E-state index contributed by atoms with van der Waals surface area (Å²) >= 11 is 2.86. The van der Waals surface area contributed by atoms with E-state index in [1.807, 2.05) is 11.4 Å². The summed E-state index contributed by atoms with van der Waals surface area (Å²) in [5, 5.41) is 11.0. The minimum Gasteiger partial charge on any atom is -0.325 e. The highest BCUT2D eigenvalue weighted by Gasteiger charge is 2.18. The van der Waals surface area contributed by atoms with Crippen LogP contribution in [0.5, 0.6) is 0 Å². The molecule has 3 rings (SSSR count). The quantitative estimate of drug-likeness (QED) is 0.507. The average Bonchev–Trinajstić information content (AvgIpc) is 3.04. The van der Waals surface area contributed by atoms with Crippen molar-refractivity contribution in [2.75, 3.05) is 5.32 Å². The lowest BCUT2D eigenvalue weighted by Crippen LogP contribution is -2.22. The fourth-order valence-electron chi connectivity index (χ4n) is 2.05. The number of nitrogens with one attached hydrogen (secondary N) is 1. The number of hydrogen-bond donors (Lipinski definition) is 2. The number of nitrogens with zero attached hydrogens (tertiary/aromatic N) is 2. The summed E-state index contributed by atoms with van der Waals surface area (Å²) in [6.07, 6.45) is 1.48. The summed E-state index contributed by atoms with van der Waals surface area (Å²) in [6, 6.07) is 7.62. The molecule has 10 heteroatoms. The molecule has 0 aliphatic heterocycles. The normalized spacial score (nSPS) is 12.9. The minimum atomic E-state index is -3.75. The van der Waals surface area contributed by atoms with Crippen molar-refractivity contribution in [1.82, 2.24) is 9.97 Å². The Morgan fingerprint density at radius 3 is 2.64 bits per heavy atom. The number of anilines is 1. The molecule has 3 N–H and O–H groups in total. The molecule has 0 unspecified atom stereocenters. The molecule has 1 atom stereocenters. The van der Waals surface area contributed by atoms with Gasteiger partial charge in [-0.05, 0) is 42.6 Å². The van der Waals surface area contributed by atoms with E-state index >= 15 is 0 Å². The maximum absolute atomic E-state index is 12.4. The van der Waals surface area contributed by atoms with Gasteiger partial charge in [0.15, 0.2) is 0 Å². The van der Waals surface area contributed by atoms with Crippen LogP contribution in [0.2, 0.25) is 0 Å². The number of amides is 1. The van der Waals surface area contributed by atoms with Crippen LogP contribution in [-0.2, 0) is 14.8 Å². The number of rotatable bonds is 5. The molecule has 1 aromatic carbocycles. The molecule has 1 amide bonds. The lowest BCUT2D eigenvalue weighted by atomic mass is 10.3. The summed E-state index contributed by atoms with van der Waals surface area (Å²) in [5.74, 6) is -0.213. The van der Waals surface area contributed by atoms with Gasteiger partial charge in [-0.15, -0.1) is 11.3 Å². The zero-order valence-corrected chi connectivity index (χ0v) is 15.5. The first-order valence-electron chi connectivity index (χ1n) is 7.13. The monoisotopic (exact) mass is 394 g/mol. The van der Waals surface area contributed by atoms with E-state index < -0.39 is 15.3 Å². The van der Waals surface area contributed by atoms with Crippen LogP contribution >= 0.6 is 23.1 Å². The molecule has 0 aliphatic carbocycles. The van der Waals surface area contributed by atoms with Crippen molar-refractivity contribution >= 4 is 54.9 Å². The highest BCUT2D eigenvalue weighted by Crippen LogP contribution is 2.30. The number of sulfonamides is 1. The predicted molar refractivity (Wildman–Crippen MR) is 99.2 cm³/mol. The van der Waals surface area contributed by atoms with Crippen LogP contribution in [0.1, 0.15) is 6.92 Å². The number of thiophene rings is 1. The van der Waals surface area contributed by atoms with Crippen LogP contribution in [-0.4, -0.2) is 29.5 Å². The van der Waals surface area contributed by atoms with Crippen molar-refractivity contribution in [1.29, 1.82) is 0 Å². The molecule has 130 valence electrons. The van der Waals surface area contributed by atoms with E-state index in [0.717, 1.165) is 15.2 Å². The van der Waals surface area contributed by atoms with Crippen LogP contribution in [0.4, 0.5) is 5.69 Å². The Bertz CT molecular complexity index is 1020. The van der Waals surface area contributed by atoms with Crippen molar-refractivity contribution in [2.45, 2.75) is 22.1 Å². The highest BCUT2D eigenvalue weighted by molar-refractivity contribution is 8.00. The molecule has 0 spiro atoms. The Kier molecular flexibility index (Phi) is 5.04. The number of fused-ring (bicyclic) bond motifs is 1. The van der Waals surface area contributed by atoms with Crippen LogP contribution in [0.3, 0.4) is 0 Å². The van der Waals surface area contributed by atoms with E-state index in [0.29, 0.717) is 5.69 Å². The molecule has 2 heterocycles. The van der Waals surface area contributed by atoms with Crippen molar-refractivity contribution in [3.8, 4) is 0 Å². The van der Waals surface area contributed by atoms with Gasteiger partial charge in [0.25, 0.3) is 0 Å².